The third kappa shape index (κ3) is 2.62. The van der Waals surface area contributed by atoms with Crippen molar-refractivity contribution in [1.29, 1.82) is 0 Å². The normalized spacial score (nSPS) is 11.0. The lowest BCUT2D eigenvalue weighted by molar-refractivity contribution is 0.923. The van der Waals surface area contributed by atoms with Gasteiger partial charge in [0, 0.05) is 26.0 Å². The summed E-state index contributed by atoms with van der Waals surface area (Å²) in [6, 6.07) is 10.9. The van der Waals surface area contributed by atoms with Crippen molar-refractivity contribution in [2.24, 2.45) is 0 Å². The Morgan fingerprint density at radius 3 is 1.22 bits per heavy atom. The van der Waals surface area contributed by atoms with Gasteiger partial charge in [-0.1, -0.05) is 65.5 Å². The number of benzene rings is 2. The van der Waals surface area contributed by atoms with E-state index in [4.69, 9.17) is 46.4 Å². The van der Waals surface area contributed by atoms with E-state index in [-0.39, 0.29) is 5.92 Å². The van der Waals surface area contributed by atoms with Crippen molar-refractivity contribution in [3.05, 3.63) is 67.6 Å². The molecule has 0 bridgehead atoms. The van der Waals surface area contributed by atoms with Crippen LogP contribution in [0.2, 0.25) is 20.1 Å². The van der Waals surface area contributed by atoms with Crippen LogP contribution < -0.4 is 0 Å². The molecular formula is C14H10Cl4. The number of hydrogen-bond donors (Lipinski definition) is 0. The van der Waals surface area contributed by atoms with Gasteiger partial charge in [-0.15, -0.1) is 0 Å². The summed E-state index contributed by atoms with van der Waals surface area (Å²) >= 11 is 24.8. The maximum absolute atomic E-state index is 6.21. The van der Waals surface area contributed by atoms with Gasteiger partial charge in [0.2, 0.25) is 0 Å². The predicted molar refractivity (Wildman–Crippen MR) is 80.4 cm³/mol. The van der Waals surface area contributed by atoms with Crippen molar-refractivity contribution in [1.82, 2.24) is 0 Å². The minimum absolute atomic E-state index is 0.0626. The van der Waals surface area contributed by atoms with Crippen LogP contribution in [0.5, 0.6) is 0 Å². The van der Waals surface area contributed by atoms with E-state index in [0.717, 1.165) is 11.1 Å². The van der Waals surface area contributed by atoms with E-state index in [1.165, 1.54) is 0 Å². The first-order chi connectivity index (χ1) is 8.52. The van der Waals surface area contributed by atoms with Gasteiger partial charge in [-0.25, -0.2) is 0 Å². The van der Waals surface area contributed by atoms with Crippen LogP contribution in [-0.2, 0) is 0 Å². The second kappa shape index (κ2) is 5.71. The molecular weight excluding hydrogens is 310 g/mol. The van der Waals surface area contributed by atoms with E-state index in [2.05, 4.69) is 0 Å². The third-order valence-corrected chi connectivity index (χ3v) is 4.18. The lowest BCUT2D eigenvalue weighted by Crippen LogP contribution is -2.00. The Labute approximate surface area is 126 Å². The van der Waals surface area contributed by atoms with Gasteiger partial charge in [-0.2, -0.15) is 0 Å². The summed E-state index contributed by atoms with van der Waals surface area (Å²) in [5.74, 6) is -0.0626. The first kappa shape index (κ1) is 14.0. The second-order valence-corrected chi connectivity index (χ2v) is 5.62. The minimum atomic E-state index is -0.0626. The first-order valence-electron chi connectivity index (χ1n) is 5.40. The monoisotopic (exact) mass is 318 g/mol. The highest BCUT2D eigenvalue weighted by Crippen LogP contribution is 2.40. The van der Waals surface area contributed by atoms with Gasteiger partial charge in [0.1, 0.15) is 0 Å². The molecule has 0 N–H and O–H groups in total. The Balaban J connectivity index is 2.58. The van der Waals surface area contributed by atoms with Gasteiger partial charge in [-0.05, 0) is 35.4 Å². The van der Waals surface area contributed by atoms with Gasteiger partial charge in [0.25, 0.3) is 0 Å². The molecule has 4 heteroatoms. The van der Waals surface area contributed by atoms with Gasteiger partial charge in [0.15, 0.2) is 0 Å². The Morgan fingerprint density at radius 1 is 0.667 bits per heavy atom. The van der Waals surface area contributed by atoms with E-state index in [9.17, 15) is 0 Å². The molecule has 0 atom stereocenters. The van der Waals surface area contributed by atoms with Gasteiger partial charge < -0.3 is 0 Å². The van der Waals surface area contributed by atoms with E-state index in [0.29, 0.717) is 20.1 Å². The number of hydrogen-bond acceptors (Lipinski definition) is 0. The highest BCUT2D eigenvalue weighted by Gasteiger charge is 2.20. The molecule has 0 saturated carbocycles. The Bertz CT molecular complexity index is 486. The topological polar surface area (TPSA) is 0 Å². The molecule has 94 valence electrons. The van der Waals surface area contributed by atoms with Crippen LogP contribution in [0.25, 0.3) is 0 Å². The summed E-state index contributed by atoms with van der Waals surface area (Å²) in [7, 11) is 0. The van der Waals surface area contributed by atoms with E-state index >= 15 is 0 Å². The molecule has 18 heavy (non-hydrogen) atoms. The fourth-order valence-electron chi connectivity index (χ4n) is 1.99. The van der Waals surface area contributed by atoms with Crippen LogP contribution in [0, 0.1) is 0 Å². The molecule has 0 aliphatic carbocycles. The van der Waals surface area contributed by atoms with Gasteiger partial charge in [0.05, 0.1) is 0 Å². The van der Waals surface area contributed by atoms with Crippen molar-refractivity contribution >= 4 is 46.4 Å². The smallest absolute Gasteiger partial charge is 0.0459 e. The largest absolute Gasteiger partial charge is 0.0840 e. The standard InChI is InChI=1S/C14H10Cl4/c1-8(13-9(15)4-2-5-10(13)16)14-11(17)6-3-7-12(14)18/h2-8H,1H3. The number of rotatable bonds is 2. The highest BCUT2D eigenvalue weighted by molar-refractivity contribution is 6.37. The summed E-state index contributed by atoms with van der Waals surface area (Å²) < 4.78 is 0. The Hall–Kier alpha value is -0.400. The van der Waals surface area contributed by atoms with E-state index in [1.807, 2.05) is 43.3 Å². The zero-order chi connectivity index (χ0) is 13.3. The lowest BCUT2D eigenvalue weighted by Gasteiger charge is -2.18. The molecule has 0 amide bonds. The molecule has 0 nitrogen and oxygen atoms in total. The van der Waals surface area contributed by atoms with Crippen LogP contribution in [-0.4, -0.2) is 0 Å². The minimum Gasteiger partial charge on any atom is -0.0840 e. The van der Waals surface area contributed by atoms with Crippen molar-refractivity contribution in [3.8, 4) is 0 Å². The average molecular weight is 320 g/mol. The van der Waals surface area contributed by atoms with E-state index < -0.39 is 0 Å². The molecule has 0 unspecified atom stereocenters. The van der Waals surface area contributed by atoms with Crippen molar-refractivity contribution in [2.75, 3.05) is 0 Å². The highest BCUT2D eigenvalue weighted by atomic mass is 35.5. The zero-order valence-electron chi connectivity index (χ0n) is 9.55. The summed E-state index contributed by atoms with van der Waals surface area (Å²) in [5, 5.41) is 2.47. The predicted octanol–water partition coefficient (Wildman–Crippen LogP) is 6.45. The SMILES string of the molecule is CC(c1c(Cl)cccc1Cl)c1c(Cl)cccc1Cl. The quantitative estimate of drug-likeness (QED) is 0.596. The fourth-order valence-corrected chi connectivity index (χ4v) is 3.44. The average Bonchev–Trinajstić information content (AvgIpc) is 2.28. The molecule has 2 aromatic carbocycles. The molecule has 0 aliphatic rings. The van der Waals surface area contributed by atoms with Gasteiger partial charge >= 0.3 is 0 Å². The molecule has 0 saturated heterocycles. The third-order valence-electron chi connectivity index (χ3n) is 2.87. The molecule has 0 heterocycles. The van der Waals surface area contributed by atoms with Crippen LogP contribution in [0.1, 0.15) is 24.0 Å². The molecule has 2 rings (SSSR count). The molecule has 0 aliphatic heterocycles. The van der Waals surface area contributed by atoms with E-state index in [1.54, 1.807) is 0 Å². The summed E-state index contributed by atoms with van der Waals surface area (Å²) in [4.78, 5) is 0. The van der Waals surface area contributed by atoms with Crippen molar-refractivity contribution < 1.29 is 0 Å². The van der Waals surface area contributed by atoms with Crippen LogP contribution in [0.4, 0.5) is 0 Å². The number of halogens is 4. The van der Waals surface area contributed by atoms with Crippen molar-refractivity contribution in [3.63, 3.8) is 0 Å². The molecule has 0 radical (unpaired) electrons. The fraction of sp³-hybridized carbons (Fsp3) is 0.143. The summed E-state index contributed by atoms with van der Waals surface area (Å²) in [6.45, 7) is 1.99. The van der Waals surface area contributed by atoms with Gasteiger partial charge in [-0.3, -0.25) is 0 Å². The Kier molecular flexibility index (Phi) is 4.45. The van der Waals surface area contributed by atoms with Crippen LogP contribution in [0.3, 0.4) is 0 Å². The summed E-state index contributed by atoms with van der Waals surface area (Å²) in [5.41, 5.74) is 1.69. The molecule has 0 aromatic heterocycles. The Morgan fingerprint density at radius 2 is 0.944 bits per heavy atom. The first-order valence-corrected chi connectivity index (χ1v) is 6.91. The van der Waals surface area contributed by atoms with Crippen LogP contribution in [0.15, 0.2) is 36.4 Å². The molecule has 0 fully saturated rings. The maximum atomic E-state index is 6.21. The maximum Gasteiger partial charge on any atom is 0.0459 e. The second-order valence-electron chi connectivity index (χ2n) is 3.99. The lowest BCUT2D eigenvalue weighted by atomic mass is 9.93. The molecule has 0 spiro atoms. The zero-order valence-corrected chi connectivity index (χ0v) is 12.6. The summed E-state index contributed by atoms with van der Waals surface area (Å²) in [6.07, 6.45) is 0. The van der Waals surface area contributed by atoms with Crippen LogP contribution >= 0.6 is 46.4 Å². The van der Waals surface area contributed by atoms with Crippen molar-refractivity contribution in [2.45, 2.75) is 12.8 Å². The molecule has 2 aromatic rings.